The van der Waals surface area contributed by atoms with E-state index < -0.39 is 11.7 Å². The van der Waals surface area contributed by atoms with Gasteiger partial charge in [-0.05, 0) is 36.2 Å². The van der Waals surface area contributed by atoms with Gasteiger partial charge in [-0.25, -0.2) is 4.99 Å². The lowest BCUT2D eigenvalue weighted by Gasteiger charge is -2.08. The molecule has 0 spiro atoms. The van der Waals surface area contributed by atoms with E-state index in [1.807, 2.05) is 0 Å². The maximum Gasteiger partial charge on any atom is 0.417 e. The van der Waals surface area contributed by atoms with Gasteiger partial charge in [0.2, 0.25) is 0 Å². The number of rotatable bonds is 1. The van der Waals surface area contributed by atoms with Crippen LogP contribution in [0.2, 0.25) is 5.02 Å². The lowest BCUT2D eigenvalue weighted by molar-refractivity contribution is -0.351. The molecule has 1 aromatic rings. The highest BCUT2D eigenvalue weighted by Gasteiger charge is 2.33. The van der Waals surface area contributed by atoms with Gasteiger partial charge in [0.15, 0.2) is 0 Å². The first-order valence-electron chi connectivity index (χ1n) is 4.15. The number of hydrogen-bond donors (Lipinski definition) is 2. The van der Waals surface area contributed by atoms with E-state index in [1.165, 1.54) is 23.9 Å². The normalized spacial score (nSPS) is 12.9. The van der Waals surface area contributed by atoms with Gasteiger partial charge in [-0.15, -0.1) is 0 Å². The van der Waals surface area contributed by atoms with Crippen molar-refractivity contribution in [3.05, 3.63) is 28.8 Å². The highest BCUT2D eigenvalue weighted by molar-refractivity contribution is 8.12. The number of hydrogen-bond acceptors (Lipinski definition) is 1. The van der Waals surface area contributed by atoms with Crippen molar-refractivity contribution in [3.8, 4) is 0 Å². The Hall–Kier alpha value is -0.880. The molecule has 0 unspecified atom stereocenters. The molecule has 1 rings (SSSR count). The zero-order valence-electron chi connectivity index (χ0n) is 8.23. The molecule has 0 saturated heterocycles. The van der Waals surface area contributed by atoms with Crippen LogP contribution in [0.3, 0.4) is 0 Å². The minimum absolute atomic E-state index is 0.253. The molecule has 2 nitrogen and oxygen atoms in total. The van der Waals surface area contributed by atoms with Crippen LogP contribution in [0.5, 0.6) is 0 Å². The molecular formula is C9H9ClF3N2S+. The van der Waals surface area contributed by atoms with Gasteiger partial charge in [0.05, 0.1) is 10.6 Å². The second-order valence-electron chi connectivity index (χ2n) is 2.89. The fraction of sp³-hybridized carbons (Fsp3) is 0.222. The first-order valence-corrected chi connectivity index (χ1v) is 5.75. The fourth-order valence-corrected chi connectivity index (χ4v) is 1.46. The Balaban J connectivity index is 3.18. The highest BCUT2D eigenvalue weighted by Crippen LogP contribution is 2.35. The summed E-state index contributed by atoms with van der Waals surface area (Å²) < 4.78 is 37.5. The molecule has 1 aromatic carbocycles. The fourth-order valence-electron chi connectivity index (χ4n) is 1.01. The highest BCUT2D eigenvalue weighted by atomic mass is 35.5. The van der Waals surface area contributed by atoms with E-state index in [0.717, 1.165) is 6.07 Å². The molecule has 88 valence electrons. The standard InChI is InChI=1S/C9H8ClF3N2S/c1-16-8(14)15-5-2-3-7(10)6(4-5)9(11,12)13/h2-4H,1H3,(H2,14,15)/p+1. The van der Waals surface area contributed by atoms with Crippen LogP contribution in [0.1, 0.15) is 5.56 Å². The SMILES string of the molecule is CSC(N)=[NH+]c1ccc(Cl)c(C(F)(F)F)c1. The van der Waals surface area contributed by atoms with Crippen LogP contribution in [-0.4, -0.2) is 11.4 Å². The minimum atomic E-state index is -4.47. The molecule has 0 fully saturated rings. The van der Waals surface area contributed by atoms with Crippen molar-refractivity contribution >= 4 is 34.2 Å². The lowest BCUT2D eigenvalue weighted by atomic mass is 10.2. The first-order chi connectivity index (χ1) is 7.34. The number of halogens is 4. The average molecular weight is 270 g/mol. The Kier molecular flexibility index (Phi) is 4.09. The quantitative estimate of drug-likeness (QED) is 0.602. The summed E-state index contributed by atoms with van der Waals surface area (Å²) in [6.07, 6.45) is -2.76. The zero-order chi connectivity index (χ0) is 12.3. The molecule has 0 heterocycles. The van der Waals surface area contributed by atoms with Gasteiger partial charge in [0.1, 0.15) is 5.69 Å². The third-order valence-electron chi connectivity index (χ3n) is 1.76. The number of nitrogens with two attached hydrogens (primary N) is 1. The van der Waals surface area contributed by atoms with Crippen LogP contribution in [0.25, 0.3) is 0 Å². The largest absolute Gasteiger partial charge is 0.417 e. The van der Waals surface area contributed by atoms with Crippen LogP contribution < -0.4 is 10.7 Å². The van der Waals surface area contributed by atoms with Gasteiger partial charge in [0.25, 0.3) is 0 Å². The average Bonchev–Trinajstić information content (AvgIpc) is 2.19. The van der Waals surface area contributed by atoms with Gasteiger partial charge in [-0.3, -0.25) is 5.73 Å². The van der Waals surface area contributed by atoms with E-state index in [-0.39, 0.29) is 10.7 Å². The summed E-state index contributed by atoms with van der Waals surface area (Å²) in [7, 11) is 0. The summed E-state index contributed by atoms with van der Waals surface area (Å²) in [6.45, 7) is 0. The second kappa shape index (κ2) is 4.97. The van der Waals surface area contributed by atoms with E-state index in [4.69, 9.17) is 17.3 Å². The van der Waals surface area contributed by atoms with Crippen molar-refractivity contribution in [2.24, 2.45) is 5.73 Å². The predicted octanol–water partition coefficient (Wildman–Crippen LogP) is 1.75. The Morgan fingerprint density at radius 1 is 1.44 bits per heavy atom. The summed E-state index contributed by atoms with van der Waals surface area (Å²) in [5, 5.41) is -0.0174. The summed E-state index contributed by atoms with van der Waals surface area (Å²) in [5.41, 5.74) is 4.83. The van der Waals surface area contributed by atoms with Crippen LogP contribution in [0.15, 0.2) is 18.2 Å². The van der Waals surface area contributed by atoms with Crippen LogP contribution >= 0.6 is 23.4 Å². The van der Waals surface area contributed by atoms with Crippen molar-refractivity contribution in [3.63, 3.8) is 0 Å². The maximum absolute atomic E-state index is 12.5. The van der Waals surface area contributed by atoms with Gasteiger partial charge in [-0.2, -0.15) is 13.2 Å². The zero-order valence-corrected chi connectivity index (χ0v) is 9.80. The molecule has 0 aliphatic carbocycles. The summed E-state index contributed by atoms with van der Waals surface area (Å²) in [5.74, 6) is 0. The third-order valence-corrected chi connectivity index (χ3v) is 2.63. The first kappa shape index (κ1) is 13.2. The Morgan fingerprint density at radius 3 is 2.56 bits per heavy atom. The summed E-state index contributed by atoms with van der Waals surface area (Å²) >= 11 is 6.67. The molecule has 3 N–H and O–H groups in total. The van der Waals surface area contributed by atoms with Gasteiger partial charge in [-0.1, -0.05) is 11.6 Å². The van der Waals surface area contributed by atoms with Crippen molar-refractivity contribution < 1.29 is 18.2 Å². The molecule has 0 radical (unpaired) electrons. The number of amidine groups is 1. The Bertz CT molecular complexity index is 418. The molecule has 0 aromatic heterocycles. The van der Waals surface area contributed by atoms with Crippen molar-refractivity contribution in [2.75, 3.05) is 6.26 Å². The predicted molar refractivity (Wildman–Crippen MR) is 59.8 cm³/mol. The van der Waals surface area contributed by atoms with Crippen molar-refractivity contribution in [1.82, 2.24) is 0 Å². The Labute approximate surface area is 99.7 Å². The molecule has 0 saturated carbocycles. The molecule has 0 amide bonds. The molecule has 0 aliphatic heterocycles. The number of nitrogens with one attached hydrogen (secondary N) is 1. The van der Waals surface area contributed by atoms with Crippen LogP contribution in [-0.2, 0) is 6.18 Å². The monoisotopic (exact) mass is 269 g/mol. The van der Waals surface area contributed by atoms with Gasteiger partial charge in [0, 0.05) is 0 Å². The summed E-state index contributed by atoms with van der Waals surface area (Å²) in [4.78, 5) is 2.63. The summed E-state index contributed by atoms with van der Waals surface area (Å²) in [6, 6.07) is 3.53. The molecule has 16 heavy (non-hydrogen) atoms. The van der Waals surface area contributed by atoms with E-state index in [2.05, 4.69) is 4.99 Å². The third kappa shape index (κ3) is 3.31. The van der Waals surface area contributed by atoms with Crippen molar-refractivity contribution in [2.45, 2.75) is 6.18 Å². The van der Waals surface area contributed by atoms with Crippen LogP contribution in [0.4, 0.5) is 18.9 Å². The topological polar surface area (TPSA) is 40.0 Å². The smallest absolute Gasteiger partial charge is 0.281 e. The van der Waals surface area contributed by atoms with Gasteiger partial charge < -0.3 is 0 Å². The molecule has 7 heteroatoms. The van der Waals surface area contributed by atoms with Gasteiger partial charge >= 0.3 is 11.3 Å². The van der Waals surface area contributed by atoms with E-state index in [9.17, 15) is 13.2 Å². The van der Waals surface area contributed by atoms with Crippen molar-refractivity contribution in [1.29, 1.82) is 0 Å². The maximum atomic E-state index is 12.5. The molecular weight excluding hydrogens is 261 g/mol. The van der Waals surface area contributed by atoms with E-state index in [1.54, 1.807) is 6.26 Å². The number of thioether (sulfide) groups is 1. The number of alkyl halides is 3. The van der Waals surface area contributed by atoms with E-state index >= 15 is 0 Å². The molecule has 0 bridgehead atoms. The lowest BCUT2D eigenvalue weighted by Crippen LogP contribution is -2.68. The number of benzene rings is 1. The minimum Gasteiger partial charge on any atom is -0.281 e. The Morgan fingerprint density at radius 2 is 2.06 bits per heavy atom. The van der Waals surface area contributed by atoms with E-state index in [0.29, 0.717) is 5.17 Å². The second-order valence-corrected chi connectivity index (χ2v) is 4.14. The van der Waals surface area contributed by atoms with Crippen LogP contribution in [0, 0.1) is 0 Å². The molecule has 0 atom stereocenters. The molecule has 0 aliphatic rings.